The monoisotopic (exact) mass is 312 g/mol. The van der Waals surface area contributed by atoms with Crippen molar-refractivity contribution < 1.29 is 4.79 Å². The standard InChI is InChI=1S/C18H24N4O/c1-12-9-13(2)22-17(20-12)16(10-19-22)18(23)21-8-7-14-5-3-4-6-15(14)11-21/h9-10,14-15H,3-8,11H2,1-2H3. The lowest BCUT2D eigenvalue weighted by atomic mass is 9.75. The number of hydrogen-bond donors (Lipinski definition) is 0. The minimum absolute atomic E-state index is 0.0986. The average Bonchev–Trinajstić information content (AvgIpc) is 2.97. The van der Waals surface area contributed by atoms with Crippen LogP contribution in [0.3, 0.4) is 0 Å². The molecule has 2 aromatic rings. The molecule has 2 aliphatic rings. The number of hydrogen-bond acceptors (Lipinski definition) is 3. The Morgan fingerprint density at radius 3 is 2.78 bits per heavy atom. The van der Waals surface area contributed by atoms with Gasteiger partial charge in [0, 0.05) is 24.5 Å². The van der Waals surface area contributed by atoms with E-state index in [0.29, 0.717) is 17.1 Å². The van der Waals surface area contributed by atoms with Crippen LogP contribution < -0.4 is 0 Å². The number of carbonyl (C=O) groups is 1. The number of carbonyl (C=O) groups excluding carboxylic acids is 1. The topological polar surface area (TPSA) is 50.5 Å². The van der Waals surface area contributed by atoms with Crippen LogP contribution in [0.2, 0.25) is 0 Å². The van der Waals surface area contributed by atoms with E-state index in [0.717, 1.165) is 36.8 Å². The summed E-state index contributed by atoms with van der Waals surface area (Å²) in [6.07, 6.45) is 8.15. The van der Waals surface area contributed by atoms with Gasteiger partial charge in [-0.15, -0.1) is 0 Å². The molecule has 23 heavy (non-hydrogen) atoms. The third-order valence-corrected chi connectivity index (χ3v) is 5.59. The van der Waals surface area contributed by atoms with E-state index in [1.807, 2.05) is 24.8 Å². The van der Waals surface area contributed by atoms with Crippen LogP contribution in [-0.4, -0.2) is 38.5 Å². The van der Waals surface area contributed by atoms with Crippen molar-refractivity contribution in [3.8, 4) is 0 Å². The summed E-state index contributed by atoms with van der Waals surface area (Å²) < 4.78 is 1.77. The van der Waals surface area contributed by atoms with E-state index >= 15 is 0 Å². The first-order chi connectivity index (χ1) is 11.1. The Kier molecular flexibility index (Phi) is 3.58. The summed E-state index contributed by atoms with van der Waals surface area (Å²) in [4.78, 5) is 19.6. The number of likely N-dealkylation sites (tertiary alicyclic amines) is 1. The molecule has 3 heterocycles. The van der Waals surface area contributed by atoms with Gasteiger partial charge in [-0.3, -0.25) is 4.79 Å². The van der Waals surface area contributed by atoms with Gasteiger partial charge >= 0.3 is 0 Å². The number of amides is 1. The highest BCUT2D eigenvalue weighted by atomic mass is 16.2. The number of piperidine rings is 1. The number of aromatic nitrogens is 3. The van der Waals surface area contributed by atoms with E-state index in [1.54, 1.807) is 10.7 Å². The highest BCUT2D eigenvalue weighted by molar-refractivity contribution is 5.99. The normalized spacial score (nSPS) is 24.7. The molecule has 0 N–H and O–H groups in total. The Morgan fingerprint density at radius 1 is 1.17 bits per heavy atom. The fourth-order valence-corrected chi connectivity index (χ4v) is 4.38. The van der Waals surface area contributed by atoms with Crippen molar-refractivity contribution >= 4 is 11.6 Å². The van der Waals surface area contributed by atoms with E-state index in [-0.39, 0.29) is 5.91 Å². The van der Waals surface area contributed by atoms with Crippen LogP contribution in [0, 0.1) is 25.7 Å². The summed E-state index contributed by atoms with van der Waals surface area (Å²) in [5.41, 5.74) is 3.28. The Bertz CT molecular complexity index is 751. The van der Waals surface area contributed by atoms with E-state index in [9.17, 15) is 4.79 Å². The fourth-order valence-electron chi connectivity index (χ4n) is 4.38. The van der Waals surface area contributed by atoms with Crippen molar-refractivity contribution in [2.75, 3.05) is 13.1 Å². The molecule has 5 nitrogen and oxygen atoms in total. The Balaban J connectivity index is 1.62. The van der Waals surface area contributed by atoms with Crippen LogP contribution in [0.25, 0.3) is 5.65 Å². The maximum Gasteiger partial charge on any atom is 0.259 e. The molecule has 0 aromatic carbocycles. The zero-order valence-corrected chi connectivity index (χ0v) is 14.0. The number of fused-ring (bicyclic) bond motifs is 2. The molecule has 2 atom stereocenters. The molecular weight excluding hydrogens is 288 g/mol. The second-order valence-corrected chi connectivity index (χ2v) is 7.18. The molecule has 4 rings (SSSR count). The van der Waals surface area contributed by atoms with Crippen molar-refractivity contribution in [2.24, 2.45) is 11.8 Å². The van der Waals surface area contributed by atoms with E-state index in [4.69, 9.17) is 0 Å². The molecule has 1 saturated heterocycles. The fraction of sp³-hybridized carbons (Fsp3) is 0.611. The summed E-state index contributed by atoms with van der Waals surface area (Å²) >= 11 is 0. The minimum atomic E-state index is 0.0986. The van der Waals surface area contributed by atoms with E-state index in [2.05, 4.69) is 10.1 Å². The van der Waals surface area contributed by atoms with Crippen LogP contribution in [-0.2, 0) is 0 Å². The smallest absolute Gasteiger partial charge is 0.259 e. The predicted molar refractivity (Wildman–Crippen MR) is 88.4 cm³/mol. The van der Waals surface area contributed by atoms with Gasteiger partial charge in [0.25, 0.3) is 5.91 Å². The zero-order valence-electron chi connectivity index (χ0n) is 14.0. The van der Waals surface area contributed by atoms with E-state index in [1.165, 1.54) is 25.7 Å². The molecule has 1 aliphatic carbocycles. The maximum atomic E-state index is 13.0. The van der Waals surface area contributed by atoms with Crippen LogP contribution in [0.5, 0.6) is 0 Å². The highest BCUT2D eigenvalue weighted by Crippen LogP contribution is 2.36. The largest absolute Gasteiger partial charge is 0.338 e. The summed E-state index contributed by atoms with van der Waals surface area (Å²) in [5.74, 6) is 1.63. The molecular formula is C18H24N4O. The second-order valence-electron chi connectivity index (χ2n) is 7.18. The van der Waals surface area contributed by atoms with Gasteiger partial charge in [-0.2, -0.15) is 5.10 Å². The molecule has 1 amide bonds. The van der Waals surface area contributed by atoms with Crippen molar-refractivity contribution in [3.05, 3.63) is 29.2 Å². The summed E-state index contributed by atoms with van der Waals surface area (Å²) in [7, 11) is 0. The Hall–Kier alpha value is -1.91. The third-order valence-electron chi connectivity index (χ3n) is 5.59. The average molecular weight is 312 g/mol. The Labute approximate surface area is 136 Å². The van der Waals surface area contributed by atoms with Gasteiger partial charge in [-0.1, -0.05) is 19.3 Å². The first kappa shape index (κ1) is 14.7. The molecule has 1 saturated carbocycles. The highest BCUT2D eigenvalue weighted by Gasteiger charge is 2.34. The SMILES string of the molecule is Cc1cc(C)n2ncc(C(=O)N3CCC4CCCCC4C3)c2n1. The Morgan fingerprint density at radius 2 is 1.96 bits per heavy atom. The lowest BCUT2D eigenvalue weighted by molar-refractivity contribution is 0.0522. The van der Waals surface area contributed by atoms with Crippen molar-refractivity contribution in [1.82, 2.24) is 19.5 Å². The van der Waals surface area contributed by atoms with Crippen molar-refractivity contribution in [2.45, 2.75) is 46.0 Å². The summed E-state index contributed by atoms with van der Waals surface area (Å²) in [5, 5.41) is 4.36. The van der Waals surface area contributed by atoms with Gasteiger partial charge in [-0.05, 0) is 44.6 Å². The first-order valence-corrected chi connectivity index (χ1v) is 8.75. The molecule has 2 fully saturated rings. The zero-order chi connectivity index (χ0) is 16.0. The molecule has 0 radical (unpaired) electrons. The van der Waals surface area contributed by atoms with Gasteiger partial charge < -0.3 is 4.90 Å². The minimum Gasteiger partial charge on any atom is -0.338 e. The molecule has 2 unspecified atom stereocenters. The lowest BCUT2D eigenvalue weighted by Gasteiger charge is -2.41. The summed E-state index contributed by atoms with van der Waals surface area (Å²) in [6.45, 7) is 5.74. The summed E-state index contributed by atoms with van der Waals surface area (Å²) in [6, 6.07) is 1.99. The van der Waals surface area contributed by atoms with Gasteiger partial charge in [0.05, 0.1) is 6.20 Å². The van der Waals surface area contributed by atoms with Crippen LogP contribution in [0.15, 0.2) is 12.3 Å². The molecule has 5 heteroatoms. The van der Waals surface area contributed by atoms with E-state index < -0.39 is 0 Å². The van der Waals surface area contributed by atoms with Crippen molar-refractivity contribution in [3.63, 3.8) is 0 Å². The maximum absolute atomic E-state index is 13.0. The van der Waals surface area contributed by atoms with Crippen molar-refractivity contribution in [1.29, 1.82) is 0 Å². The molecule has 1 aliphatic heterocycles. The number of nitrogens with zero attached hydrogens (tertiary/aromatic N) is 4. The molecule has 122 valence electrons. The quantitative estimate of drug-likeness (QED) is 0.813. The van der Waals surface area contributed by atoms with Gasteiger partial charge in [0.1, 0.15) is 5.56 Å². The second kappa shape index (κ2) is 5.62. The van der Waals surface area contributed by atoms with Crippen LogP contribution in [0.4, 0.5) is 0 Å². The molecule has 2 aromatic heterocycles. The van der Waals surface area contributed by atoms with Crippen LogP contribution in [0.1, 0.15) is 53.8 Å². The molecule has 0 spiro atoms. The lowest BCUT2D eigenvalue weighted by Crippen LogP contribution is -2.44. The molecule has 0 bridgehead atoms. The number of aryl methyl sites for hydroxylation is 2. The number of rotatable bonds is 1. The third kappa shape index (κ3) is 2.52. The first-order valence-electron chi connectivity index (χ1n) is 8.75. The van der Waals surface area contributed by atoms with Gasteiger partial charge in [-0.25, -0.2) is 9.50 Å². The van der Waals surface area contributed by atoms with Crippen LogP contribution >= 0.6 is 0 Å². The van der Waals surface area contributed by atoms with Gasteiger partial charge in [0.2, 0.25) is 0 Å². The van der Waals surface area contributed by atoms with Gasteiger partial charge in [0.15, 0.2) is 5.65 Å². The predicted octanol–water partition coefficient (Wildman–Crippen LogP) is 3.00.